The molecule has 2 aromatic rings. The Hall–Kier alpha value is -0.970. The van der Waals surface area contributed by atoms with E-state index in [0.717, 1.165) is 14.6 Å². The molecule has 0 amide bonds. The van der Waals surface area contributed by atoms with E-state index in [0.29, 0.717) is 5.02 Å². The van der Waals surface area contributed by atoms with Crippen LogP contribution in [0.3, 0.4) is 0 Å². The highest BCUT2D eigenvalue weighted by Gasteiger charge is 2.05. The van der Waals surface area contributed by atoms with Crippen LogP contribution in [0.1, 0.15) is 0 Å². The predicted octanol–water partition coefficient (Wildman–Crippen LogP) is 4.25. The van der Waals surface area contributed by atoms with Crippen LogP contribution in [0.5, 0.6) is 0 Å². The van der Waals surface area contributed by atoms with E-state index in [1.54, 1.807) is 11.3 Å². The standard InChI is InChI=1S/C12H9ClO2S2/c13-9-3-1-8(2-4-9)10-5-6-12(17-10)16-7-11(14)15/h1-6H,7H2,(H,14,15). The minimum absolute atomic E-state index is 0.0978. The van der Waals surface area contributed by atoms with E-state index >= 15 is 0 Å². The molecule has 2 nitrogen and oxygen atoms in total. The number of hydrogen-bond acceptors (Lipinski definition) is 3. The van der Waals surface area contributed by atoms with Gasteiger partial charge in [0.15, 0.2) is 0 Å². The fourth-order valence-electron chi connectivity index (χ4n) is 1.30. The Morgan fingerprint density at radius 2 is 1.94 bits per heavy atom. The van der Waals surface area contributed by atoms with Crippen molar-refractivity contribution < 1.29 is 9.90 Å². The Balaban J connectivity index is 2.12. The summed E-state index contributed by atoms with van der Waals surface area (Å²) in [5.41, 5.74) is 1.10. The van der Waals surface area contributed by atoms with Crippen molar-refractivity contribution in [1.82, 2.24) is 0 Å². The summed E-state index contributed by atoms with van der Waals surface area (Å²) in [7, 11) is 0. The van der Waals surface area contributed by atoms with E-state index in [-0.39, 0.29) is 5.75 Å². The number of carboxylic acid groups (broad SMARTS) is 1. The Morgan fingerprint density at radius 1 is 1.24 bits per heavy atom. The van der Waals surface area contributed by atoms with Crippen molar-refractivity contribution in [2.24, 2.45) is 0 Å². The van der Waals surface area contributed by atoms with E-state index < -0.39 is 5.97 Å². The molecule has 0 aliphatic heterocycles. The lowest BCUT2D eigenvalue weighted by Gasteiger charge is -1.96. The summed E-state index contributed by atoms with van der Waals surface area (Å²) in [5, 5.41) is 9.31. The normalized spacial score (nSPS) is 10.4. The molecule has 0 radical (unpaired) electrons. The molecule has 1 aromatic heterocycles. The molecule has 0 aliphatic rings. The van der Waals surface area contributed by atoms with Gasteiger partial charge in [0, 0.05) is 9.90 Å². The molecule has 1 aromatic carbocycles. The van der Waals surface area contributed by atoms with Gasteiger partial charge in [-0.25, -0.2) is 0 Å². The van der Waals surface area contributed by atoms with Gasteiger partial charge in [-0.15, -0.1) is 23.1 Å². The number of aliphatic carboxylic acids is 1. The van der Waals surface area contributed by atoms with Crippen molar-refractivity contribution in [3.63, 3.8) is 0 Å². The Morgan fingerprint density at radius 3 is 2.59 bits per heavy atom. The van der Waals surface area contributed by atoms with Crippen LogP contribution in [-0.2, 0) is 4.79 Å². The van der Waals surface area contributed by atoms with Crippen LogP contribution in [0.25, 0.3) is 10.4 Å². The Bertz CT molecular complexity index is 520. The quantitative estimate of drug-likeness (QED) is 0.853. The van der Waals surface area contributed by atoms with Crippen LogP contribution < -0.4 is 0 Å². The second kappa shape index (κ2) is 5.58. The molecule has 0 saturated carbocycles. The largest absolute Gasteiger partial charge is 0.481 e. The molecule has 0 aliphatic carbocycles. The maximum Gasteiger partial charge on any atom is 0.313 e. The molecule has 1 heterocycles. The summed E-state index contributed by atoms with van der Waals surface area (Å²) < 4.78 is 1.01. The first kappa shape index (κ1) is 12.5. The van der Waals surface area contributed by atoms with Gasteiger partial charge >= 0.3 is 5.97 Å². The summed E-state index contributed by atoms with van der Waals surface area (Å²) in [6.45, 7) is 0. The van der Waals surface area contributed by atoms with Crippen molar-refractivity contribution in [2.75, 3.05) is 5.75 Å². The van der Waals surface area contributed by atoms with Gasteiger partial charge in [-0.1, -0.05) is 23.7 Å². The fourth-order valence-corrected chi connectivity index (χ4v) is 3.28. The molecule has 0 saturated heterocycles. The van der Waals surface area contributed by atoms with Crippen molar-refractivity contribution >= 4 is 40.7 Å². The molecule has 0 atom stereocenters. The van der Waals surface area contributed by atoms with Crippen LogP contribution in [0.15, 0.2) is 40.6 Å². The number of halogens is 1. The molecule has 5 heteroatoms. The van der Waals surface area contributed by atoms with Crippen molar-refractivity contribution in [1.29, 1.82) is 0 Å². The molecule has 88 valence electrons. The predicted molar refractivity (Wildman–Crippen MR) is 73.1 cm³/mol. The fraction of sp³-hybridized carbons (Fsp3) is 0.0833. The zero-order valence-electron chi connectivity index (χ0n) is 8.72. The summed E-state index contributed by atoms with van der Waals surface area (Å²) >= 11 is 8.75. The number of carbonyl (C=O) groups is 1. The first-order valence-electron chi connectivity index (χ1n) is 4.85. The van der Waals surface area contributed by atoms with Gasteiger partial charge in [0.1, 0.15) is 0 Å². The Labute approximate surface area is 112 Å². The van der Waals surface area contributed by atoms with Gasteiger partial charge in [-0.05, 0) is 29.8 Å². The van der Waals surface area contributed by atoms with Gasteiger partial charge < -0.3 is 5.11 Å². The van der Waals surface area contributed by atoms with Crippen LogP contribution in [-0.4, -0.2) is 16.8 Å². The lowest BCUT2D eigenvalue weighted by molar-refractivity contribution is -0.133. The monoisotopic (exact) mass is 284 g/mol. The van der Waals surface area contributed by atoms with Crippen LogP contribution in [0.4, 0.5) is 0 Å². The number of hydrogen-bond donors (Lipinski definition) is 1. The maximum absolute atomic E-state index is 10.5. The average molecular weight is 285 g/mol. The van der Waals surface area contributed by atoms with E-state index in [4.69, 9.17) is 16.7 Å². The summed E-state index contributed by atoms with van der Waals surface area (Å²) in [6, 6.07) is 11.6. The highest BCUT2D eigenvalue weighted by Crippen LogP contribution is 2.34. The van der Waals surface area contributed by atoms with E-state index in [2.05, 4.69) is 0 Å². The van der Waals surface area contributed by atoms with Crippen molar-refractivity contribution in [3.05, 3.63) is 41.4 Å². The van der Waals surface area contributed by atoms with Gasteiger partial charge in [0.05, 0.1) is 9.96 Å². The van der Waals surface area contributed by atoms with E-state index in [1.165, 1.54) is 11.8 Å². The SMILES string of the molecule is O=C(O)CSc1ccc(-c2ccc(Cl)cc2)s1. The van der Waals surface area contributed by atoms with Gasteiger partial charge in [-0.3, -0.25) is 4.79 Å². The number of thioether (sulfide) groups is 1. The number of benzene rings is 1. The van der Waals surface area contributed by atoms with Gasteiger partial charge in [0.2, 0.25) is 0 Å². The molecular formula is C12H9ClO2S2. The third-order valence-electron chi connectivity index (χ3n) is 2.05. The highest BCUT2D eigenvalue weighted by molar-refractivity contribution is 8.01. The first-order valence-corrected chi connectivity index (χ1v) is 7.03. The number of thiophene rings is 1. The lowest BCUT2D eigenvalue weighted by Crippen LogP contribution is -1.96. The average Bonchev–Trinajstić information content (AvgIpc) is 2.76. The second-order valence-electron chi connectivity index (χ2n) is 3.31. The van der Waals surface area contributed by atoms with Gasteiger partial charge in [0.25, 0.3) is 0 Å². The zero-order valence-corrected chi connectivity index (χ0v) is 11.1. The van der Waals surface area contributed by atoms with Crippen LogP contribution in [0, 0.1) is 0 Å². The summed E-state index contributed by atoms with van der Waals surface area (Å²) in [5.74, 6) is -0.697. The zero-order chi connectivity index (χ0) is 12.3. The molecule has 0 spiro atoms. The van der Waals surface area contributed by atoms with E-state index in [1.807, 2.05) is 36.4 Å². The van der Waals surface area contributed by atoms with Crippen molar-refractivity contribution in [3.8, 4) is 10.4 Å². The topological polar surface area (TPSA) is 37.3 Å². The minimum Gasteiger partial charge on any atom is -0.481 e. The lowest BCUT2D eigenvalue weighted by atomic mass is 10.2. The maximum atomic E-state index is 10.5. The first-order chi connectivity index (χ1) is 8.15. The minimum atomic E-state index is -0.795. The molecule has 1 N–H and O–H groups in total. The third kappa shape index (κ3) is 3.49. The van der Waals surface area contributed by atoms with Crippen LogP contribution >= 0.6 is 34.7 Å². The summed E-state index contributed by atoms with van der Waals surface area (Å²) in [4.78, 5) is 11.6. The molecular weight excluding hydrogens is 276 g/mol. The smallest absolute Gasteiger partial charge is 0.313 e. The van der Waals surface area contributed by atoms with Gasteiger partial charge in [-0.2, -0.15) is 0 Å². The highest BCUT2D eigenvalue weighted by atomic mass is 35.5. The van der Waals surface area contributed by atoms with Crippen LogP contribution in [0.2, 0.25) is 5.02 Å². The van der Waals surface area contributed by atoms with Crippen molar-refractivity contribution in [2.45, 2.75) is 4.21 Å². The number of carboxylic acids is 1. The number of rotatable bonds is 4. The molecule has 0 unspecified atom stereocenters. The molecule has 0 bridgehead atoms. The molecule has 0 fully saturated rings. The Kier molecular flexibility index (Phi) is 4.10. The van der Waals surface area contributed by atoms with E-state index in [9.17, 15) is 4.79 Å². The molecule has 2 rings (SSSR count). The summed E-state index contributed by atoms with van der Waals surface area (Å²) in [6.07, 6.45) is 0. The molecule has 17 heavy (non-hydrogen) atoms. The third-order valence-corrected chi connectivity index (χ3v) is 4.64. The second-order valence-corrected chi connectivity index (χ2v) is 6.10.